The molecule has 0 aliphatic carbocycles. The van der Waals surface area contributed by atoms with Crippen molar-refractivity contribution in [2.45, 2.75) is 16.8 Å². The van der Waals surface area contributed by atoms with Crippen molar-refractivity contribution in [1.29, 1.82) is 0 Å². The van der Waals surface area contributed by atoms with Crippen molar-refractivity contribution in [3.05, 3.63) is 34.3 Å². The molecule has 1 aliphatic heterocycles. The first kappa shape index (κ1) is 20.4. The summed E-state index contributed by atoms with van der Waals surface area (Å²) in [6.07, 6.45) is 0.876. The number of carbonyl (C=O) groups excluding carboxylic acids is 1. The monoisotopic (exact) mass is 559 g/mol. The molecule has 1 aliphatic rings. The molecule has 0 bridgehead atoms. The second-order valence-corrected chi connectivity index (χ2v) is 6.74. The topological polar surface area (TPSA) is 29.5 Å². The van der Waals surface area contributed by atoms with Crippen LogP contribution >= 0.6 is 38.5 Å². The minimum Gasteiger partial charge on any atom is -0.497 e. The average molecular weight is 560 g/mol. The van der Waals surface area contributed by atoms with E-state index in [0.717, 1.165) is 4.90 Å². The van der Waals surface area contributed by atoms with E-state index in [1.54, 1.807) is 25.3 Å². The molecule has 1 unspecified atom stereocenters. The zero-order chi connectivity index (χ0) is 15.6. The van der Waals surface area contributed by atoms with E-state index in [4.69, 9.17) is 4.74 Å². The minimum absolute atomic E-state index is 0. The molecule has 1 aromatic rings. The Kier molecular flexibility index (Phi) is 8.40. The van der Waals surface area contributed by atoms with E-state index in [2.05, 4.69) is 22.0 Å². The van der Waals surface area contributed by atoms with E-state index in [9.17, 15) is 13.6 Å². The fourth-order valence-corrected chi connectivity index (χ4v) is 3.13. The van der Waals surface area contributed by atoms with Crippen LogP contribution in [0.5, 0.6) is 5.75 Å². The summed E-state index contributed by atoms with van der Waals surface area (Å²) in [4.78, 5) is 13.3. The Bertz CT molecular complexity index is 586. The van der Waals surface area contributed by atoms with E-state index in [-0.39, 0.29) is 42.5 Å². The van der Waals surface area contributed by atoms with Gasteiger partial charge in [-0.15, -0.1) is 17.3 Å². The fraction of sp³-hybridized carbons (Fsp3) is 0.357. The van der Waals surface area contributed by atoms with Gasteiger partial charge < -0.3 is 9.64 Å². The van der Waals surface area contributed by atoms with Gasteiger partial charge in [0.05, 0.1) is 17.6 Å². The molecule has 0 fully saturated rings. The van der Waals surface area contributed by atoms with Crippen LogP contribution in [-0.2, 0) is 37.5 Å². The minimum atomic E-state index is -2.59. The van der Waals surface area contributed by atoms with Crippen molar-refractivity contribution in [2.24, 2.45) is 0 Å². The van der Waals surface area contributed by atoms with Crippen molar-refractivity contribution in [1.82, 2.24) is 4.90 Å². The number of ether oxygens (including phenoxy) is 1. The second kappa shape index (κ2) is 9.04. The van der Waals surface area contributed by atoms with E-state index in [1.165, 1.54) is 0 Å². The van der Waals surface area contributed by atoms with Crippen molar-refractivity contribution in [2.75, 3.05) is 13.7 Å². The van der Waals surface area contributed by atoms with Gasteiger partial charge in [-0.3, -0.25) is 4.79 Å². The molecule has 1 atom stereocenters. The summed E-state index contributed by atoms with van der Waals surface area (Å²) in [6.45, 7) is -0.626. The van der Waals surface area contributed by atoms with Crippen LogP contribution in [0.4, 0.5) is 8.78 Å². The number of methoxy groups -OCH3 is 1. The molecule has 2 rings (SSSR count). The van der Waals surface area contributed by atoms with Crippen molar-refractivity contribution in [3.8, 4) is 5.75 Å². The van der Waals surface area contributed by atoms with Crippen LogP contribution in [0.25, 0.3) is 5.70 Å². The SMILES string of the molecule is COc1ccc(C2=[C-]CC(I)C(=O)N2CC(F)F)c(Br)c1.[Y]. The summed E-state index contributed by atoms with van der Waals surface area (Å²) < 4.78 is 30.9. The molecule has 1 amide bonds. The first-order chi connectivity index (χ1) is 9.93. The van der Waals surface area contributed by atoms with Gasteiger partial charge in [0, 0.05) is 32.7 Å². The molecular weight excluding hydrogens is 548 g/mol. The van der Waals surface area contributed by atoms with Gasteiger partial charge in [-0.1, -0.05) is 49.4 Å². The van der Waals surface area contributed by atoms with Crippen molar-refractivity contribution < 1.29 is 51.0 Å². The molecule has 0 aromatic heterocycles. The maximum Gasteiger partial charge on any atom is 0.256 e. The van der Waals surface area contributed by atoms with E-state index >= 15 is 0 Å². The molecule has 0 spiro atoms. The van der Waals surface area contributed by atoms with Crippen LogP contribution < -0.4 is 4.74 Å². The van der Waals surface area contributed by atoms with Crippen LogP contribution in [0.15, 0.2) is 22.7 Å². The van der Waals surface area contributed by atoms with Crippen molar-refractivity contribution in [3.63, 3.8) is 0 Å². The van der Waals surface area contributed by atoms with E-state index in [1.807, 2.05) is 22.6 Å². The summed E-state index contributed by atoms with van der Waals surface area (Å²) in [5, 5.41) is 0. The molecule has 117 valence electrons. The summed E-state index contributed by atoms with van der Waals surface area (Å²) >= 11 is 5.33. The molecular formula is C14H12BrF2INO2Y-. The number of nitrogens with zero attached hydrogens (tertiary/aromatic N) is 1. The van der Waals surface area contributed by atoms with Gasteiger partial charge >= 0.3 is 0 Å². The van der Waals surface area contributed by atoms with Crippen LogP contribution in [0.3, 0.4) is 0 Å². The van der Waals surface area contributed by atoms with Crippen LogP contribution in [0, 0.1) is 6.08 Å². The number of amides is 1. The Morgan fingerprint density at radius 1 is 1.55 bits per heavy atom. The molecule has 1 heterocycles. The number of halogens is 4. The average Bonchev–Trinajstić information content (AvgIpc) is 2.44. The third-order valence-electron chi connectivity index (χ3n) is 3.00. The van der Waals surface area contributed by atoms with Crippen LogP contribution in [0.1, 0.15) is 12.0 Å². The second-order valence-electron chi connectivity index (χ2n) is 4.38. The maximum atomic E-state index is 12.8. The number of rotatable bonds is 4. The van der Waals surface area contributed by atoms with Crippen LogP contribution in [-0.4, -0.2) is 34.8 Å². The number of carbonyl (C=O) groups is 1. The van der Waals surface area contributed by atoms with Gasteiger partial charge in [-0.25, -0.2) is 14.9 Å². The van der Waals surface area contributed by atoms with E-state index < -0.39 is 13.0 Å². The Labute approximate surface area is 175 Å². The van der Waals surface area contributed by atoms with Gasteiger partial charge in [0.2, 0.25) is 5.91 Å². The summed E-state index contributed by atoms with van der Waals surface area (Å²) in [5.74, 6) is 0.327. The van der Waals surface area contributed by atoms with Gasteiger partial charge in [-0.2, -0.15) is 0 Å². The van der Waals surface area contributed by atoms with Gasteiger partial charge in [0.1, 0.15) is 5.75 Å². The predicted octanol–water partition coefficient (Wildman–Crippen LogP) is 3.90. The normalized spacial score (nSPS) is 18.1. The number of hydrogen-bond acceptors (Lipinski definition) is 2. The first-order valence-corrected chi connectivity index (χ1v) is 8.16. The summed E-state index contributed by atoms with van der Waals surface area (Å²) in [5.41, 5.74) is 1.04. The number of benzene rings is 1. The molecule has 22 heavy (non-hydrogen) atoms. The predicted molar refractivity (Wildman–Crippen MR) is 87.5 cm³/mol. The molecule has 1 radical (unpaired) electrons. The standard InChI is InChI=1S/C14H12BrF2INO2.Y/c1-21-8-2-3-9(10(15)6-8)12-5-4-11(18)14(20)19(12)7-13(16)17;/h2-3,6,11,13H,4,7H2,1H3;/q-1;. The maximum absolute atomic E-state index is 12.8. The Balaban J connectivity index is 0.00000242. The Morgan fingerprint density at radius 2 is 2.23 bits per heavy atom. The molecule has 3 nitrogen and oxygen atoms in total. The molecule has 8 heteroatoms. The fourth-order valence-electron chi connectivity index (χ4n) is 2.02. The zero-order valence-corrected chi connectivity index (χ0v) is 18.2. The number of alkyl halides is 3. The summed E-state index contributed by atoms with van der Waals surface area (Å²) in [7, 11) is 1.54. The summed E-state index contributed by atoms with van der Waals surface area (Å²) in [6, 6.07) is 5.17. The van der Waals surface area contributed by atoms with E-state index in [0.29, 0.717) is 27.9 Å². The third-order valence-corrected chi connectivity index (χ3v) is 4.63. The first-order valence-electron chi connectivity index (χ1n) is 6.12. The van der Waals surface area contributed by atoms with Gasteiger partial charge in [-0.05, 0) is 12.1 Å². The van der Waals surface area contributed by atoms with Gasteiger partial charge in [0.15, 0.2) is 0 Å². The molecule has 1 aromatic carbocycles. The molecule has 0 N–H and O–H groups in total. The van der Waals surface area contributed by atoms with Crippen LogP contribution in [0.2, 0.25) is 0 Å². The Morgan fingerprint density at radius 3 is 2.77 bits per heavy atom. The molecule has 0 saturated heterocycles. The van der Waals surface area contributed by atoms with Gasteiger partial charge in [0.25, 0.3) is 6.43 Å². The zero-order valence-electron chi connectivity index (χ0n) is 11.7. The number of hydrogen-bond donors (Lipinski definition) is 0. The Hall–Kier alpha value is 0.404. The quantitative estimate of drug-likeness (QED) is 0.318. The molecule has 0 saturated carbocycles. The third kappa shape index (κ3) is 4.71. The van der Waals surface area contributed by atoms with Crippen molar-refractivity contribution >= 4 is 50.1 Å². The largest absolute Gasteiger partial charge is 0.497 e. The smallest absolute Gasteiger partial charge is 0.256 e. The number of allylic oxidation sites excluding steroid dienone is 1.